The molecule has 1 heterocycles. The van der Waals surface area contributed by atoms with E-state index in [1.165, 1.54) is 11.3 Å². The minimum Gasteiger partial charge on any atom is -0.382 e. The molecule has 21 heavy (non-hydrogen) atoms. The predicted molar refractivity (Wildman–Crippen MR) is 90.9 cm³/mol. The number of halogens is 1. The normalized spacial score (nSPS) is 12.0. The highest BCUT2D eigenvalue weighted by Crippen LogP contribution is 2.27. The third-order valence-electron chi connectivity index (χ3n) is 2.93. The van der Waals surface area contributed by atoms with Gasteiger partial charge in [0.15, 0.2) is 5.13 Å². The summed E-state index contributed by atoms with van der Waals surface area (Å²) in [5.41, 5.74) is 6.84. The second kappa shape index (κ2) is 6.44. The number of nitrogens with zero attached hydrogens (tertiary/aromatic N) is 2. The summed E-state index contributed by atoms with van der Waals surface area (Å²) in [5, 5.41) is 3.66. The van der Waals surface area contributed by atoms with Crippen molar-refractivity contribution in [3.05, 3.63) is 39.2 Å². The minimum absolute atomic E-state index is 0.112. The van der Waals surface area contributed by atoms with Crippen LogP contribution in [0.4, 0.5) is 10.9 Å². The van der Waals surface area contributed by atoms with Gasteiger partial charge in [0.1, 0.15) is 10.7 Å². The van der Waals surface area contributed by atoms with Crippen molar-refractivity contribution in [3.63, 3.8) is 0 Å². The molecule has 112 valence electrons. The molecule has 0 fully saturated rings. The Hall–Kier alpha value is -1.60. The number of nitrogen functional groups attached to an aromatic ring is 1. The molecule has 3 N–H and O–H groups in total. The molecule has 0 aliphatic heterocycles. The van der Waals surface area contributed by atoms with Gasteiger partial charge in [-0.25, -0.2) is 4.98 Å². The van der Waals surface area contributed by atoms with Gasteiger partial charge in [-0.2, -0.15) is 0 Å². The Kier molecular flexibility index (Phi) is 4.84. The number of rotatable bonds is 4. The van der Waals surface area contributed by atoms with Gasteiger partial charge in [-0.1, -0.05) is 39.4 Å². The summed E-state index contributed by atoms with van der Waals surface area (Å²) in [7, 11) is 3.73. The third kappa shape index (κ3) is 3.74. The van der Waals surface area contributed by atoms with E-state index < -0.39 is 0 Å². The number of amides is 1. The zero-order valence-corrected chi connectivity index (χ0v) is 14.5. The van der Waals surface area contributed by atoms with Crippen molar-refractivity contribution >= 4 is 44.1 Å². The van der Waals surface area contributed by atoms with Gasteiger partial charge in [-0.3, -0.25) is 4.79 Å². The number of nitrogens with one attached hydrogen (secondary N) is 1. The number of nitrogens with two attached hydrogens (primary N) is 1. The van der Waals surface area contributed by atoms with E-state index in [0.717, 1.165) is 10.0 Å². The van der Waals surface area contributed by atoms with Crippen LogP contribution >= 0.6 is 27.3 Å². The molecule has 0 saturated heterocycles. The van der Waals surface area contributed by atoms with E-state index in [1.54, 1.807) is 0 Å². The fourth-order valence-electron chi connectivity index (χ4n) is 1.80. The molecular formula is C14H17BrN4OS. The summed E-state index contributed by atoms with van der Waals surface area (Å²) in [6.45, 7) is 1.93. The van der Waals surface area contributed by atoms with Crippen molar-refractivity contribution in [2.45, 2.75) is 13.0 Å². The lowest BCUT2D eigenvalue weighted by Gasteiger charge is -2.14. The Labute approximate surface area is 136 Å². The van der Waals surface area contributed by atoms with Crippen LogP contribution in [0.3, 0.4) is 0 Å². The maximum Gasteiger partial charge on any atom is 0.265 e. The van der Waals surface area contributed by atoms with Crippen LogP contribution in [0.15, 0.2) is 28.7 Å². The zero-order valence-electron chi connectivity index (χ0n) is 12.1. The van der Waals surface area contributed by atoms with Crippen LogP contribution in [-0.2, 0) is 0 Å². The molecule has 0 aliphatic carbocycles. The van der Waals surface area contributed by atoms with Crippen molar-refractivity contribution in [3.8, 4) is 0 Å². The van der Waals surface area contributed by atoms with Crippen molar-refractivity contribution in [2.24, 2.45) is 0 Å². The average Bonchev–Trinajstić information content (AvgIpc) is 2.81. The zero-order chi connectivity index (χ0) is 15.6. The Balaban J connectivity index is 2.14. The molecule has 1 aromatic heterocycles. The molecule has 0 bridgehead atoms. The van der Waals surface area contributed by atoms with Crippen LogP contribution in [0.25, 0.3) is 0 Å². The molecule has 1 unspecified atom stereocenters. The topological polar surface area (TPSA) is 71.2 Å². The summed E-state index contributed by atoms with van der Waals surface area (Å²) in [6, 6.07) is 7.72. The molecule has 1 atom stereocenters. The number of carbonyl (C=O) groups excluding carboxylic acids is 1. The van der Waals surface area contributed by atoms with E-state index in [0.29, 0.717) is 10.0 Å². The average molecular weight is 369 g/mol. The first-order chi connectivity index (χ1) is 9.88. The molecule has 2 aromatic rings. The minimum atomic E-state index is -0.203. The maximum absolute atomic E-state index is 12.3. The summed E-state index contributed by atoms with van der Waals surface area (Å²) in [4.78, 5) is 18.8. The SMILES string of the molecule is CC(NC(=O)c1sc(N(C)C)nc1N)c1cccc(Br)c1. The van der Waals surface area contributed by atoms with Crippen molar-refractivity contribution in [1.29, 1.82) is 0 Å². The van der Waals surface area contributed by atoms with E-state index in [-0.39, 0.29) is 17.8 Å². The summed E-state index contributed by atoms with van der Waals surface area (Å²) in [6.07, 6.45) is 0. The molecule has 7 heteroatoms. The summed E-state index contributed by atoms with van der Waals surface area (Å²) in [5.74, 6) is 0.0632. The van der Waals surface area contributed by atoms with Gasteiger partial charge in [0.25, 0.3) is 5.91 Å². The number of hydrogen-bond acceptors (Lipinski definition) is 5. The highest BCUT2D eigenvalue weighted by atomic mass is 79.9. The van der Waals surface area contributed by atoms with Gasteiger partial charge in [0.2, 0.25) is 0 Å². The fraction of sp³-hybridized carbons (Fsp3) is 0.286. The lowest BCUT2D eigenvalue weighted by Crippen LogP contribution is -2.26. The van der Waals surface area contributed by atoms with Crippen LogP contribution in [-0.4, -0.2) is 25.0 Å². The van der Waals surface area contributed by atoms with Gasteiger partial charge in [0, 0.05) is 18.6 Å². The molecule has 5 nitrogen and oxygen atoms in total. The first-order valence-electron chi connectivity index (χ1n) is 6.38. The van der Waals surface area contributed by atoms with Crippen molar-refractivity contribution in [2.75, 3.05) is 24.7 Å². The Morgan fingerprint density at radius 1 is 1.48 bits per heavy atom. The third-order valence-corrected chi connectivity index (χ3v) is 4.66. The molecule has 1 amide bonds. The van der Waals surface area contributed by atoms with Crippen molar-refractivity contribution < 1.29 is 4.79 Å². The lowest BCUT2D eigenvalue weighted by molar-refractivity contribution is 0.0944. The monoisotopic (exact) mass is 368 g/mol. The quantitative estimate of drug-likeness (QED) is 0.869. The number of aromatic nitrogens is 1. The van der Waals surface area contributed by atoms with Crippen LogP contribution in [0.1, 0.15) is 28.2 Å². The Morgan fingerprint density at radius 3 is 2.76 bits per heavy atom. The van der Waals surface area contributed by atoms with Gasteiger partial charge in [0.05, 0.1) is 6.04 Å². The number of thiazole rings is 1. The fourth-order valence-corrected chi connectivity index (χ4v) is 3.02. The van der Waals surface area contributed by atoms with Crippen LogP contribution < -0.4 is 16.0 Å². The van der Waals surface area contributed by atoms with Crippen LogP contribution in [0, 0.1) is 0 Å². The van der Waals surface area contributed by atoms with Gasteiger partial charge in [-0.05, 0) is 24.6 Å². The molecule has 0 saturated carbocycles. The van der Waals surface area contributed by atoms with Gasteiger partial charge < -0.3 is 16.0 Å². The molecule has 0 aliphatic rings. The van der Waals surface area contributed by atoms with Gasteiger partial charge in [-0.15, -0.1) is 0 Å². The maximum atomic E-state index is 12.3. The molecule has 2 rings (SSSR count). The summed E-state index contributed by atoms with van der Waals surface area (Å²) < 4.78 is 0.980. The first kappa shape index (κ1) is 15.8. The Morgan fingerprint density at radius 2 is 2.19 bits per heavy atom. The largest absolute Gasteiger partial charge is 0.382 e. The number of anilines is 2. The van der Waals surface area contributed by atoms with E-state index in [4.69, 9.17) is 5.73 Å². The standard InChI is InChI=1S/C14H17BrN4OS/c1-8(9-5-4-6-10(15)7-9)17-13(20)11-12(16)18-14(21-11)19(2)3/h4-8H,16H2,1-3H3,(H,17,20). The summed E-state index contributed by atoms with van der Waals surface area (Å²) >= 11 is 4.71. The van der Waals surface area contributed by atoms with Crippen molar-refractivity contribution in [1.82, 2.24) is 10.3 Å². The molecular weight excluding hydrogens is 352 g/mol. The molecule has 1 aromatic carbocycles. The highest BCUT2D eigenvalue weighted by Gasteiger charge is 2.19. The second-order valence-electron chi connectivity index (χ2n) is 4.86. The van der Waals surface area contributed by atoms with Gasteiger partial charge >= 0.3 is 0 Å². The van der Waals surface area contributed by atoms with Crippen LogP contribution in [0.5, 0.6) is 0 Å². The predicted octanol–water partition coefficient (Wildman–Crippen LogP) is 3.04. The van der Waals surface area contributed by atoms with Crippen LogP contribution in [0.2, 0.25) is 0 Å². The number of hydrogen-bond donors (Lipinski definition) is 2. The first-order valence-corrected chi connectivity index (χ1v) is 7.99. The lowest BCUT2D eigenvalue weighted by atomic mass is 10.1. The molecule has 0 radical (unpaired) electrons. The smallest absolute Gasteiger partial charge is 0.265 e. The Bertz CT molecular complexity index is 656. The van der Waals surface area contributed by atoms with E-state index >= 15 is 0 Å². The van der Waals surface area contributed by atoms with E-state index in [9.17, 15) is 4.79 Å². The number of benzene rings is 1. The number of carbonyl (C=O) groups is 1. The van der Waals surface area contributed by atoms with E-state index in [1.807, 2.05) is 50.2 Å². The highest BCUT2D eigenvalue weighted by molar-refractivity contribution is 9.10. The molecule has 0 spiro atoms. The van der Waals surface area contributed by atoms with E-state index in [2.05, 4.69) is 26.2 Å². The second-order valence-corrected chi connectivity index (χ2v) is 6.75.